The summed E-state index contributed by atoms with van der Waals surface area (Å²) in [7, 11) is 1.68. The van der Waals surface area contributed by atoms with E-state index in [1.165, 1.54) is 31.4 Å². The topological polar surface area (TPSA) is 77.2 Å². The zero-order chi connectivity index (χ0) is 24.4. The number of halogens is 1. The van der Waals surface area contributed by atoms with Gasteiger partial charge in [0.15, 0.2) is 5.78 Å². The maximum Gasteiger partial charge on any atom is 0.157 e. The molecule has 4 aliphatic carbocycles. The molecule has 4 aliphatic rings. The van der Waals surface area contributed by atoms with Crippen molar-refractivity contribution >= 4 is 16.8 Å². The van der Waals surface area contributed by atoms with E-state index in [1.807, 2.05) is 0 Å². The fourth-order valence-electron chi connectivity index (χ4n) is 9.20. The lowest BCUT2D eigenvalue weighted by Gasteiger charge is -2.57. The average molecular weight is 484 g/mol. The van der Waals surface area contributed by atoms with Crippen LogP contribution in [-0.2, 0) is 16.1 Å². The van der Waals surface area contributed by atoms with E-state index < -0.39 is 5.60 Å². The van der Waals surface area contributed by atoms with Gasteiger partial charge in [-0.1, -0.05) is 12.1 Å². The summed E-state index contributed by atoms with van der Waals surface area (Å²) < 4.78 is 20.7. The van der Waals surface area contributed by atoms with Crippen LogP contribution < -0.4 is 0 Å². The monoisotopic (exact) mass is 483 g/mol. The Balaban J connectivity index is 1.17. The largest absolute Gasteiger partial charge is 0.387 e. The van der Waals surface area contributed by atoms with Crippen molar-refractivity contribution in [2.24, 2.45) is 40.9 Å². The number of carbonyl (C=O) groups excluding carboxylic acids is 1. The number of nitrogens with zero attached hydrogens (tertiary/aromatic N) is 3. The van der Waals surface area contributed by atoms with Gasteiger partial charge in [0.25, 0.3) is 0 Å². The molecule has 1 aromatic heterocycles. The van der Waals surface area contributed by atoms with Crippen LogP contribution in [0.4, 0.5) is 4.39 Å². The van der Waals surface area contributed by atoms with Gasteiger partial charge in [-0.25, -0.2) is 9.07 Å². The van der Waals surface area contributed by atoms with Crippen molar-refractivity contribution in [1.29, 1.82) is 0 Å². The molecule has 0 amide bonds. The van der Waals surface area contributed by atoms with E-state index in [2.05, 4.69) is 17.2 Å². The van der Waals surface area contributed by atoms with E-state index in [1.54, 1.807) is 17.9 Å². The first kappa shape index (κ1) is 23.5. The second-order valence-corrected chi connectivity index (χ2v) is 12.4. The Labute approximate surface area is 206 Å². The number of hydrogen-bond acceptors (Lipinski definition) is 5. The maximum atomic E-state index is 13.8. The molecule has 0 bridgehead atoms. The number of rotatable bonds is 5. The summed E-state index contributed by atoms with van der Waals surface area (Å²) in [6.45, 7) is 2.99. The molecule has 6 nitrogen and oxygen atoms in total. The smallest absolute Gasteiger partial charge is 0.157 e. The molecular formula is C28H38FN3O3. The van der Waals surface area contributed by atoms with Crippen LogP contribution in [0.1, 0.15) is 64.7 Å². The quantitative estimate of drug-likeness (QED) is 0.662. The van der Waals surface area contributed by atoms with Crippen LogP contribution in [0, 0.1) is 46.7 Å². The number of aromatic nitrogens is 3. The minimum Gasteiger partial charge on any atom is -0.387 e. The fraction of sp³-hybridized carbons (Fsp3) is 0.750. The van der Waals surface area contributed by atoms with Gasteiger partial charge < -0.3 is 9.84 Å². The third-order valence-electron chi connectivity index (χ3n) is 10.7. The SMILES string of the molecule is COCC1(O)CCC2C(CCC3C2CCC2(C)C(C(=O)Cn4nnc5ccc(F)cc54)CCC32)C1. The molecule has 8 atom stereocenters. The van der Waals surface area contributed by atoms with Crippen molar-refractivity contribution in [3.05, 3.63) is 24.0 Å². The second-order valence-electron chi connectivity index (χ2n) is 12.4. The fourth-order valence-corrected chi connectivity index (χ4v) is 9.20. The van der Waals surface area contributed by atoms with Crippen molar-refractivity contribution in [1.82, 2.24) is 15.0 Å². The molecule has 1 N–H and O–H groups in total. The highest BCUT2D eigenvalue weighted by molar-refractivity contribution is 5.84. The first-order valence-electron chi connectivity index (χ1n) is 13.5. The van der Waals surface area contributed by atoms with Crippen LogP contribution >= 0.6 is 0 Å². The molecule has 7 heteroatoms. The summed E-state index contributed by atoms with van der Waals surface area (Å²) in [5.74, 6) is 3.27. The van der Waals surface area contributed by atoms with Crippen LogP contribution in [0.15, 0.2) is 18.2 Å². The van der Waals surface area contributed by atoms with Gasteiger partial charge in [0.2, 0.25) is 0 Å². The molecule has 6 rings (SSSR count). The summed E-state index contributed by atoms with van der Waals surface area (Å²) in [5, 5.41) is 19.3. The molecule has 0 spiro atoms. The molecule has 2 aromatic rings. The number of ether oxygens (including phenoxy) is 1. The van der Waals surface area contributed by atoms with Crippen molar-refractivity contribution in [2.75, 3.05) is 13.7 Å². The Bertz CT molecular complexity index is 1120. The molecule has 4 fully saturated rings. The Morgan fingerprint density at radius 2 is 1.97 bits per heavy atom. The number of Topliss-reactive ketones (excluding diaryl/α,β-unsaturated/α-hetero) is 1. The third kappa shape index (κ3) is 3.85. The Kier molecular flexibility index (Phi) is 5.79. The summed E-state index contributed by atoms with van der Waals surface area (Å²) >= 11 is 0. The standard InChI is InChI=1S/C28H38FN3O3/c1-27-11-9-20-19-10-12-28(34,16-35-2)14-17(19)3-5-21(20)22(27)6-7-23(27)26(33)15-32-25-13-18(29)4-8-24(25)30-31-32/h4,8,13,17,19-23,34H,3,5-7,9-12,14-16H2,1-2H3. The van der Waals surface area contributed by atoms with E-state index in [9.17, 15) is 14.3 Å². The normalized spacial score (nSPS) is 40.8. The van der Waals surface area contributed by atoms with Crippen LogP contribution in [0.5, 0.6) is 0 Å². The van der Waals surface area contributed by atoms with Gasteiger partial charge in [-0.3, -0.25) is 4.79 Å². The van der Waals surface area contributed by atoms with E-state index in [4.69, 9.17) is 4.74 Å². The van der Waals surface area contributed by atoms with E-state index in [-0.39, 0.29) is 29.5 Å². The van der Waals surface area contributed by atoms with E-state index in [0.29, 0.717) is 41.3 Å². The van der Waals surface area contributed by atoms with Gasteiger partial charge in [0, 0.05) is 19.1 Å². The van der Waals surface area contributed by atoms with Gasteiger partial charge in [-0.15, -0.1) is 5.10 Å². The summed E-state index contributed by atoms with van der Waals surface area (Å²) in [5.41, 5.74) is 0.603. The summed E-state index contributed by atoms with van der Waals surface area (Å²) in [6, 6.07) is 4.41. The summed E-state index contributed by atoms with van der Waals surface area (Å²) in [4.78, 5) is 13.6. The Hall–Kier alpha value is -1.86. The lowest BCUT2D eigenvalue weighted by Crippen LogP contribution is -2.52. The Morgan fingerprint density at radius 1 is 1.14 bits per heavy atom. The van der Waals surface area contributed by atoms with Crippen molar-refractivity contribution < 1.29 is 19.0 Å². The predicted molar refractivity (Wildman–Crippen MR) is 130 cm³/mol. The summed E-state index contributed by atoms with van der Waals surface area (Å²) in [6.07, 6.45) is 9.63. The number of benzene rings is 1. The van der Waals surface area contributed by atoms with E-state index >= 15 is 0 Å². The molecule has 1 aromatic carbocycles. The minimum atomic E-state index is -0.648. The molecule has 1 heterocycles. The molecule has 0 aliphatic heterocycles. The van der Waals surface area contributed by atoms with Gasteiger partial charge in [0.05, 0.1) is 17.7 Å². The predicted octanol–water partition coefficient (Wildman–Crippen LogP) is 4.79. The van der Waals surface area contributed by atoms with Gasteiger partial charge in [0.1, 0.15) is 17.9 Å². The van der Waals surface area contributed by atoms with Gasteiger partial charge in [-0.05, 0) is 105 Å². The Morgan fingerprint density at radius 3 is 2.80 bits per heavy atom. The van der Waals surface area contributed by atoms with Crippen molar-refractivity contribution in [3.63, 3.8) is 0 Å². The highest BCUT2D eigenvalue weighted by Crippen LogP contribution is 2.64. The lowest BCUT2D eigenvalue weighted by molar-refractivity contribution is -0.136. The number of carbonyl (C=O) groups is 1. The third-order valence-corrected chi connectivity index (χ3v) is 10.7. The first-order chi connectivity index (χ1) is 16.8. The highest BCUT2D eigenvalue weighted by Gasteiger charge is 2.59. The molecule has 190 valence electrons. The van der Waals surface area contributed by atoms with Crippen molar-refractivity contribution in [2.45, 2.75) is 76.9 Å². The number of hydrogen-bond donors (Lipinski definition) is 1. The first-order valence-corrected chi connectivity index (χ1v) is 13.5. The average Bonchev–Trinajstić information content (AvgIpc) is 3.39. The highest BCUT2D eigenvalue weighted by atomic mass is 19.1. The van der Waals surface area contributed by atoms with Crippen LogP contribution in [-0.4, -0.2) is 45.2 Å². The molecular weight excluding hydrogens is 445 g/mol. The van der Waals surface area contributed by atoms with Crippen LogP contribution in [0.25, 0.3) is 11.0 Å². The zero-order valence-corrected chi connectivity index (χ0v) is 21.0. The minimum absolute atomic E-state index is 0.0390. The van der Waals surface area contributed by atoms with E-state index in [0.717, 1.165) is 44.4 Å². The second kappa shape index (κ2) is 8.62. The van der Waals surface area contributed by atoms with Gasteiger partial charge >= 0.3 is 0 Å². The van der Waals surface area contributed by atoms with Crippen molar-refractivity contribution in [3.8, 4) is 0 Å². The number of methoxy groups -OCH3 is 1. The molecule has 8 unspecified atom stereocenters. The molecule has 0 saturated heterocycles. The maximum absolute atomic E-state index is 13.8. The van der Waals surface area contributed by atoms with Gasteiger partial charge in [-0.2, -0.15) is 0 Å². The number of fused-ring (bicyclic) bond motifs is 6. The molecule has 35 heavy (non-hydrogen) atoms. The molecule has 4 saturated carbocycles. The molecule has 0 radical (unpaired) electrons. The van der Waals surface area contributed by atoms with Crippen LogP contribution in [0.3, 0.4) is 0 Å². The van der Waals surface area contributed by atoms with Crippen LogP contribution in [0.2, 0.25) is 0 Å². The zero-order valence-electron chi connectivity index (χ0n) is 21.0. The number of ketones is 1. The number of aliphatic hydroxyl groups is 1. The lowest BCUT2D eigenvalue weighted by atomic mass is 9.49.